The van der Waals surface area contributed by atoms with E-state index in [2.05, 4.69) is 16.7 Å². The van der Waals surface area contributed by atoms with E-state index in [0.717, 1.165) is 88.8 Å². The van der Waals surface area contributed by atoms with Gasteiger partial charge in [0, 0.05) is 62.7 Å². The maximum Gasteiger partial charge on any atom is 0.410 e. The summed E-state index contributed by atoms with van der Waals surface area (Å²) < 4.78 is 6.31. The van der Waals surface area contributed by atoms with Gasteiger partial charge in [0.15, 0.2) is 0 Å². The Labute approximate surface area is 245 Å². The molecular formula is C33H50N4O4. The second-order valence-corrected chi connectivity index (χ2v) is 13.2. The molecule has 0 bridgehead atoms. The van der Waals surface area contributed by atoms with Gasteiger partial charge >= 0.3 is 6.09 Å². The van der Waals surface area contributed by atoms with Crippen LogP contribution in [0.5, 0.6) is 0 Å². The summed E-state index contributed by atoms with van der Waals surface area (Å²) >= 11 is 0. The minimum atomic E-state index is -0.472. The third-order valence-electron chi connectivity index (χ3n) is 10.5. The van der Waals surface area contributed by atoms with Crippen molar-refractivity contribution >= 4 is 17.9 Å². The molecule has 4 aliphatic rings. The maximum absolute atomic E-state index is 13.4. The van der Waals surface area contributed by atoms with Gasteiger partial charge in [-0.25, -0.2) is 4.79 Å². The quantitative estimate of drug-likeness (QED) is 0.453. The predicted octanol–water partition coefficient (Wildman–Crippen LogP) is 5.43. The Kier molecular flexibility index (Phi) is 9.27. The number of piperidine rings is 2. The Hall–Kier alpha value is -2.61. The van der Waals surface area contributed by atoms with Gasteiger partial charge in [-0.1, -0.05) is 39.0 Å². The van der Waals surface area contributed by atoms with Crippen molar-refractivity contribution in [2.45, 2.75) is 116 Å². The van der Waals surface area contributed by atoms with E-state index in [0.29, 0.717) is 23.1 Å². The van der Waals surface area contributed by atoms with E-state index >= 15 is 0 Å². The van der Waals surface area contributed by atoms with E-state index in [-0.39, 0.29) is 23.6 Å². The summed E-state index contributed by atoms with van der Waals surface area (Å²) in [7, 11) is 0. The Morgan fingerprint density at radius 1 is 0.976 bits per heavy atom. The van der Waals surface area contributed by atoms with Crippen LogP contribution in [0.25, 0.3) is 0 Å². The van der Waals surface area contributed by atoms with E-state index in [9.17, 15) is 14.4 Å². The number of benzene rings is 1. The van der Waals surface area contributed by atoms with E-state index in [1.54, 1.807) is 12.1 Å². The summed E-state index contributed by atoms with van der Waals surface area (Å²) in [6.07, 6.45) is 13.3. The molecule has 1 aromatic rings. The molecule has 1 unspecified atom stereocenters. The van der Waals surface area contributed by atoms with Crippen molar-refractivity contribution in [1.82, 2.24) is 14.7 Å². The highest BCUT2D eigenvalue weighted by atomic mass is 16.6. The summed E-state index contributed by atoms with van der Waals surface area (Å²) in [5, 5.41) is 0. The van der Waals surface area contributed by atoms with Gasteiger partial charge in [-0.3, -0.25) is 14.5 Å². The topological polar surface area (TPSA) is 96.2 Å². The highest BCUT2D eigenvalue weighted by Gasteiger charge is 2.55. The maximum atomic E-state index is 13.4. The first-order valence-electron chi connectivity index (χ1n) is 16.2. The molecule has 41 heavy (non-hydrogen) atoms. The second kappa shape index (κ2) is 12.7. The second-order valence-electron chi connectivity index (χ2n) is 13.2. The number of nitrogens with two attached hydrogens (primary N) is 1. The molecule has 0 aromatic heterocycles. The van der Waals surface area contributed by atoms with E-state index in [1.807, 2.05) is 18.7 Å². The Bertz CT molecular complexity index is 1090. The molecule has 1 saturated carbocycles. The van der Waals surface area contributed by atoms with Crippen LogP contribution < -0.4 is 5.73 Å². The molecule has 1 atom stereocenters. The van der Waals surface area contributed by atoms with Crippen LogP contribution in [0.2, 0.25) is 0 Å². The number of carbonyl (C=O) groups excluding carboxylic acids is 3. The molecule has 2 N–H and O–H groups in total. The zero-order valence-corrected chi connectivity index (χ0v) is 25.5. The van der Waals surface area contributed by atoms with Gasteiger partial charge in [-0.15, -0.1) is 0 Å². The van der Waals surface area contributed by atoms with Gasteiger partial charge in [0.1, 0.15) is 5.60 Å². The van der Waals surface area contributed by atoms with Crippen LogP contribution in [0, 0.1) is 19.8 Å². The van der Waals surface area contributed by atoms with Crippen molar-refractivity contribution in [3.05, 3.63) is 34.4 Å². The SMILES string of the molecule is CCCCC1N(CC2CCCCC2)C(=O)OC12CCN(C1CCN(C(=O)c3c(C)cc(C(N)=O)cc3C)CC1)CC2. The molecule has 1 aliphatic carbocycles. The number of primary amides is 1. The van der Waals surface area contributed by atoms with Crippen molar-refractivity contribution in [1.29, 1.82) is 0 Å². The fourth-order valence-corrected chi connectivity index (χ4v) is 8.12. The average molecular weight is 567 g/mol. The van der Waals surface area contributed by atoms with Gasteiger partial charge in [-0.05, 0) is 75.1 Å². The van der Waals surface area contributed by atoms with Crippen molar-refractivity contribution in [2.24, 2.45) is 11.7 Å². The summed E-state index contributed by atoms with van der Waals surface area (Å²) in [6.45, 7) is 10.2. The highest BCUT2D eigenvalue weighted by Crippen LogP contribution is 2.43. The Morgan fingerprint density at radius 3 is 2.20 bits per heavy atom. The summed E-state index contributed by atoms with van der Waals surface area (Å²) in [5.74, 6) is 0.194. The van der Waals surface area contributed by atoms with Gasteiger partial charge in [-0.2, -0.15) is 0 Å². The number of unbranched alkanes of at least 4 members (excludes halogenated alkanes) is 1. The largest absolute Gasteiger partial charge is 0.440 e. The van der Waals surface area contributed by atoms with Crippen molar-refractivity contribution in [3.8, 4) is 0 Å². The number of ether oxygens (including phenoxy) is 1. The van der Waals surface area contributed by atoms with E-state index < -0.39 is 5.91 Å². The molecule has 8 heteroatoms. The minimum absolute atomic E-state index is 0.0433. The summed E-state index contributed by atoms with van der Waals surface area (Å²) in [6, 6.07) is 4.09. The standard InChI is InChI=1S/C33H50N4O4/c1-4-5-11-28-33(41-32(40)37(28)22-25-9-7-6-8-10-25)14-18-35(19-15-33)27-12-16-36(17-13-27)31(39)29-23(2)20-26(30(34)38)21-24(29)3/h20-21,25,27-28H,4-19,22H2,1-3H3,(H2,34,38). The van der Waals surface area contributed by atoms with E-state index in [1.165, 1.54) is 32.1 Å². The molecule has 5 rings (SSSR count). The minimum Gasteiger partial charge on any atom is -0.440 e. The molecular weight excluding hydrogens is 516 g/mol. The highest BCUT2D eigenvalue weighted by molar-refractivity contribution is 6.00. The lowest BCUT2D eigenvalue weighted by atomic mass is 9.80. The smallest absolute Gasteiger partial charge is 0.410 e. The lowest BCUT2D eigenvalue weighted by Crippen LogP contribution is -2.56. The third kappa shape index (κ3) is 6.27. The number of hydrogen-bond donors (Lipinski definition) is 1. The first kappa shape index (κ1) is 29.9. The lowest BCUT2D eigenvalue weighted by molar-refractivity contribution is -0.0385. The fourth-order valence-electron chi connectivity index (χ4n) is 8.12. The molecule has 3 aliphatic heterocycles. The van der Waals surface area contributed by atoms with Gasteiger partial charge < -0.3 is 20.3 Å². The number of hydrogen-bond acceptors (Lipinski definition) is 5. The number of aryl methyl sites for hydroxylation is 2. The van der Waals surface area contributed by atoms with Gasteiger partial charge in [0.05, 0.1) is 6.04 Å². The zero-order chi connectivity index (χ0) is 29.1. The van der Waals surface area contributed by atoms with E-state index in [4.69, 9.17) is 10.5 Å². The molecule has 3 saturated heterocycles. The van der Waals surface area contributed by atoms with Crippen molar-refractivity contribution in [3.63, 3.8) is 0 Å². The summed E-state index contributed by atoms with van der Waals surface area (Å²) in [4.78, 5) is 45.0. The third-order valence-corrected chi connectivity index (χ3v) is 10.5. The number of likely N-dealkylation sites (tertiary alicyclic amines) is 2. The number of nitrogens with zero attached hydrogens (tertiary/aromatic N) is 3. The van der Waals surface area contributed by atoms with Gasteiger partial charge in [0.2, 0.25) is 5.91 Å². The molecule has 1 aromatic carbocycles. The predicted molar refractivity (Wildman–Crippen MR) is 160 cm³/mol. The first-order valence-corrected chi connectivity index (χ1v) is 16.2. The zero-order valence-electron chi connectivity index (χ0n) is 25.5. The number of amides is 3. The molecule has 1 spiro atoms. The van der Waals surface area contributed by atoms with Crippen LogP contribution in [0.4, 0.5) is 4.79 Å². The lowest BCUT2D eigenvalue weighted by Gasteiger charge is -2.46. The van der Waals surface area contributed by atoms with Crippen LogP contribution in [-0.4, -0.2) is 83.0 Å². The molecule has 4 fully saturated rings. The van der Waals surface area contributed by atoms with Crippen LogP contribution in [0.15, 0.2) is 12.1 Å². The number of carbonyl (C=O) groups is 3. The van der Waals surface area contributed by atoms with Crippen molar-refractivity contribution in [2.75, 3.05) is 32.7 Å². The number of rotatable bonds is 8. The van der Waals surface area contributed by atoms with Crippen LogP contribution in [0.1, 0.15) is 116 Å². The first-order chi connectivity index (χ1) is 19.7. The summed E-state index contributed by atoms with van der Waals surface area (Å²) in [5.41, 5.74) is 7.84. The molecule has 0 radical (unpaired) electrons. The van der Waals surface area contributed by atoms with Crippen LogP contribution >= 0.6 is 0 Å². The van der Waals surface area contributed by atoms with Crippen molar-refractivity contribution < 1.29 is 19.1 Å². The van der Waals surface area contributed by atoms with Crippen LogP contribution in [0.3, 0.4) is 0 Å². The normalized spacial score (nSPS) is 24.2. The molecule has 8 nitrogen and oxygen atoms in total. The van der Waals surface area contributed by atoms with Crippen LogP contribution in [-0.2, 0) is 4.74 Å². The Morgan fingerprint density at radius 2 is 1.61 bits per heavy atom. The van der Waals surface area contributed by atoms with Gasteiger partial charge in [0.25, 0.3) is 5.91 Å². The molecule has 226 valence electrons. The Balaban J connectivity index is 1.18. The monoisotopic (exact) mass is 566 g/mol. The molecule has 3 amide bonds. The average Bonchev–Trinajstić information content (AvgIpc) is 3.21. The molecule has 3 heterocycles. The fraction of sp³-hybridized carbons (Fsp3) is 0.727.